The Morgan fingerprint density at radius 1 is 0.964 bits per heavy atom. The lowest BCUT2D eigenvalue weighted by atomic mass is 9.89. The van der Waals surface area contributed by atoms with Crippen molar-refractivity contribution in [1.82, 2.24) is 4.90 Å². The molecule has 0 N–H and O–H groups in total. The van der Waals surface area contributed by atoms with Crippen molar-refractivity contribution in [3.05, 3.63) is 83.9 Å². The highest BCUT2D eigenvalue weighted by Gasteiger charge is 2.23. The van der Waals surface area contributed by atoms with Gasteiger partial charge < -0.3 is 9.32 Å². The molecule has 1 saturated heterocycles. The first-order valence-electron chi connectivity index (χ1n) is 9.87. The molecule has 28 heavy (non-hydrogen) atoms. The molecule has 2 aromatic carbocycles. The van der Waals surface area contributed by atoms with Gasteiger partial charge in [0.05, 0.1) is 5.56 Å². The van der Waals surface area contributed by atoms with Crippen molar-refractivity contribution in [2.24, 2.45) is 0 Å². The highest BCUT2D eigenvalue weighted by atomic mass is 19.1. The Hall–Kier alpha value is -2.88. The molecular weight excluding hydrogens is 353 g/mol. The summed E-state index contributed by atoms with van der Waals surface area (Å²) in [7, 11) is 0. The Morgan fingerprint density at radius 2 is 1.68 bits per heavy atom. The van der Waals surface area contributed by atoms with E-state index < -0.39 is 0 Å². The molecule has 0 aliphatic carbocycles. The predicted molar refractivity (Wildman–Crippen MR) is 107 cm³/mol. The second kappa shape index (κ2) is 8.42. The summed E-state index contributed by atoms with van der Waals surface area (Å²) in [5.74, 6) is 1.62. The molecule has 0 atom stereocenters. The minimum Gasteiger partial charge on any atom is -0.461 e. The first-order chi connectivity index (χ1) is 13.7. The largest absolute Gasteiger partial charge is 0.461 e. The molecule has 0 saturated carbocycles. The number of furan rings is 1. The molecule has 1 fully saturated rings. The zero-order valence-corrected chi connectivity index (χ0v) is 15.8. The van der Waals surface area contributed by atoms with E-state index in [-0.39, 0.29) is 11.7 Å². The van der Waals surface area contributed by atoms with Crippen LogP contribution >= 0.6 is 0 Å². The lowest BCUT2D eigenvalue weighted by Crippen LogP contribution is -2.38. The fraction of sp³-hybridized carbons (Fsp3) is 0.292. The van der Waals surface area contributed by atoms with Gasteiger partial charge in [-0.05, 0) is 48.6 Å². The van der Waals surface area contributed by atoms with E-state index in [2.05, 4.69) is 24.3 Å². The van der Waals surface area contributed by atoms with Crippen molar-refractivity contribution >= 4 is 5.91 Å². The van der Waals surface area contributed by atoms with Crippen LogP contribution in [-0.2, 0) is 11.2 Å². The van der Waals surface area contributed by atoms with Crippen LogP contribution in [0.25, 0.3) is 11.3 Å². The summed E-state index contributed by atoms with van der Waals surface area (Å²) in [6, 6.07) is 20.7. The molecule has 144 valence electrons. The topological polar surface area (TPSA) is 33.5 Å². The molecule has 1 aliphatic heterocycles. The maximum Gasteiger partial charge on any atom is 0.223 e. The molecule has 4 heteroatoms. The quantitative estimate of drug-likeness (QED) is 0.594. The number of hydrogen-bond donors (Lipinski definition) is 0. The van der Waals surface area contributed by atoms with Crippen LogP contribution in [-0.4, -0.2) is 23.9 Å². The molecule has 3 nitrogen and oxygen atoms in total. The number of piperidine rings is 1. The highest BCUT2D eigenvalue weighted by Crippen LogP contribution is 2.28. The van der Waals surface area contributed by atoms with E-state index in [9.17, 15) is 9.18 Å². The third-order valence-corrected chi connectivity index (χ3v) is 5.50. The zero-order valence-electron chi connectivity index (χ0n) is 15.8. The number of halogens is 1. The number of likely N-dealkylation sites (tertiary alicyclic amines) is 1. The number of amides is 1. The van der Waals surface area contributed by atoms with Gasteiger partial charge in [-0.25, -0.2) is 4.39 Å². The molecule has 1 aliphatic rings. The molecular formula is C24H24FNO2. The van der Waals surface area contributed by atoms with Crippen molar-refractivity contribution in [3.8, 4) is 11.3 Å². The second-order valence-electron chi connectivity index (χ2n) is 7.31. The van der Waals surface area contributed by atoms with Gasteiger partial charge >= 0.3 is 0 Å². The Morgan fingerprint density at radius 3 is 2.43 bits per heavy atom. The number of carbonyl (C=O) groups is 1. The molecule has 2 heterocycles. The van der Waals surface area contributed by atoms with Crippen LogP contribution in [0.5, 0.6) is 0 Å². The first kappa shape index (κ1) is 18.5. The Kier molecular flexibility index (Phi) is 5.56. The van der Waals surface area contributed by atoms with Crippen molar-refractivity contribution < 1.29 is 13.6 Å². The predicted octanol–water partition coefficient (Wildman–Crippen LogP) is 5.42. The van der Waals surface area contributed by atoms with E-state index >= 15 is 0 Å². The summed E-state index contributed by atoms with van der Waals surface area (Å²) in [4.78, 5) is 14.5. The number of rotatable bonds is 5. The van der Waals surface area contributed by atoms with E-state index in [0.29, 0.717) is 35.8 Å². The summed E-state index contributed by atoms with van der Waals surface area (Å²) >= 11 is 0. The van der Waals surface area contributed by atoms with E-state index in [1.165, 1.54) is 11.6 Å². The standard InChI is InChI=1S/C24H24FNO2/c25-22-9-5-4-8-21(22)23-12-10-20(28-23)11-13-24(27)26-16-14-19(15-17-26)18-6-2-1-3-7-18/h1-10,12,19H,11,13-17H2. The first-order valence-corrected chi connectivity index (χ1v) is 9.87. The van der Waals surface area contributed by atoms with Crippen LogP contribution in [0.15, 0.2) is 71.1 Å². The average molecular weight is 377 g/mol. The van der Waals surface area contributed by atoms with Crippen molar-refractivity contribution in [2.75, 3.05) is 13.1 Å². The smallest absolute Gasteiger partial charge is 0.223 e. The third-order valence-electron chi connectivity index (χ3n) is 5.50. The van der Waals surface area contributed by atoms with Gasteiger partial charge in [-0.3, -0.25) is 4.79 Å². The monoisotopic (exact) mass is 377 g/mol. The number of benzene rings is 2. The van der Waals surface area contributed by atoms with Gasteiger partial charge in [0, 0.05) is 25.9 Å². The number of carbonyl (C=O) groups excluding carboxylic acids is 1. The third kappa shape index (κ3) is 4.16. The Bertz CT molecular complexity index is 927. The Balaban J connectivity index is 1.29. The molecule has 4 rings (SSSR count). The van der Waals surface area contributed by atoms with Crippen LogP contribution in [0.3, 0.4) is 0 Å². The van der Waals surface area contributed by atoms with E-state index in [0.717, 1.165) is 25.9 Å². The fourth-order valence-electron chi connectivity index (χ4n) is 3.89. The SMILES string of the molecule is O=C(CCc1ccc(-c2ccccc2F)o1)N1CCC(c2ccccc2)CC1. The van der Waals surface area contributed by atoms with E-state index in [4.69, 9.17) is 4.42 Å². The second-order valence-corrected chi connectivity index (χ2v) is 7.31. The van der Waals surface area contributed by atoms with Gasteiger partial charge in [0.15, 0.2) is 0 Å². The minimum atomic E-state index is -0.305. The maximum absolute atomic E-state index is 13.9. The summed E-state index contributed by atoms with van der Waals surface area (Å²) in [6.07, 6.45) is 2.97. The lowest BCUT2D eigenvalue weighted by Gasteiger charge is -2.32. The lowest BCUT2D eigenvalue weighted by molar-refractivity contribution is -0.132. The normalized spacial score (nSPS) is 15.0. The molecule has 0 unspecified atom stereocenters. The van der Waals surface area contributed by atoms with Crippen LogP contribution in [0.2, 0.25) is 0 Å². The van der Waals surface area contributed by atoms with Gasteiger partial charge in [-0.1, -0.05) is 42.5 Å². The van der Waals surface area contributed by atoms with E-state index in [1.54, 1.807) is 24.3 Å². The number of hydrogen-bond acceptors (Lipinski definition) is 2. The summed E-state index contributed by atoms with van der Waals surface area (Å²) in [5, 5.41) is 0. The summed E-state index contributed by atoms with van der Waals surface area (Å²) < 4.78 is 19.6. The van der Waals surface area contributed by atoms with Crippen LogP contribution in [0.4, 0.5) is 4.39 Å². The van der Waals surface area contributed by atoms with Gasteiger partial charge in [-0.2, -0.15) is 0 Å². The number of aryl methyl sites for hydroxylation is 1. The van der Waals surface area contributed by atoms with Gasteiger partial charge in [0.1, 0.15) is 17.3 Å². The summed E-state index contributed by atoms with van der Waals surface area (Å²) in [5.41, 5.74) is 1.81. The highest BCUT2D eigenvalue weighted by molar-refractivity contribution is 5.76. The van der Waals surface area contributed by atoms with Crippen LogP contribution in [0, 0.1) is 5.82 Å². The maximum atomic E-state index is 13.9. The molecule has 0 radical (unpaired) electrons. The van der Waals surface area contributed by atoms with Gasteiger partial charge in [0.25, 0.3) is 0 Å². The molecule has 1 aromatic heterocycles. The average Bonchev–Trinajstić information content (AvgIpc) is 3.22. The van der Waals surface area contributed by atoms with Crippen molar-refractivity contribution in [2.45, 2.75) is 31.6 Å². The molecule has 0 bridgehead atoms. The van der Waals surface area contributed by atoms with Crippen molar-refractivity contribution in [3.63, 3.8) is 0 Å². The molecule has 1 amide bonds. The Labute approximate surface area is 164 Å². The van der Waals surface area contributed by atoms with Crippen molar-refractivity contribution in [1.29, 1.82) is 0 Å². The van der Waals surface area contributed by atoms with E-state index in [1.807, 2.05) is 17.0 Å². The summed E-state index contributed by atoms with van der Waals surface area (Å²) in [6.45, 7) is 1.61. The van der Waals surface area contributed by atoms with Crippen LogP contribution < -0.4 is 0 Å². The van der Waals surface area contributed by atoms with Gasteiger partial charge in [-0.15, -0.1) is 0 Å². The number of nitrogens with zero attached hydrogens (tertiary/aromatic N) is 1. The minimum absolute atomic E-state index is 0.162. The van der Waals surface area contributed by atoms with Crippen LogP contribution in [0.1, 0.15) is 36.5 Å². The molecule has 0 spiro atoms. The molecule has 3 aromatic rings. The fourth-order valence-corrected chi connectivity index (χ4v) is 3.89. The zero-order chi connectivity index (χ0) is 19.3. The van der Waals surface area contributed by atoms with Gasteiger partial charge in [0.2, 0.25) is 5.91 Å².